The van der Waals surface area contributed by atoms with Crippen LogP contribution in [0.2, 0.25) is 0 Å². The lowest BCUT2D eigenvalue weighted by Crippen LogP contribution is -2.56. The molecule has 0 aliphatic carbocycles. The van der Waals surface area contributed by atoms with Crippen molar-refractivity contribution in [3.8, 4) is 0 Å². The molecule has 0 radical (unpaired) electrons. The highest BCUT2D eigenvalue weighted by Crippen LogP contribution is 2.28. The Morgan fingerprint density at radius 2 is 1.95 bits per heavy atom. The number of likely N-dealkylation sites (tertiary alicyclic amines) is 1. The summed E-state index contributed by atoms with van der Waals surface area (Å²) in [6.45, 7) is 7.25. The number of carbonyl (C=O) groups excluding carboxylic acids is 1. The van der Waals surface area contributed by atoms with Crippen LogP contribution >= 0.6 is 12.4 Å². The van der Waals surface area contributed by atoms with E-state index >= 15 is 0 Å². The van der Waals surface area contributed by atoms with Gasteiger partial charge in [0.1, 0.15) is 5.60 Å². The zero-order chi connectivity index (χ0) is 13.0. The van der Waals surface area contributed by atoms with E-state index in [4.69, 9.17) is 4.74 Å². The van der Waals surface area contributed by atoms with Crippen LogP contribution in [-0.4, -0.2) is 49.7 Å². The Hall–Kier alpha value is -0.580. The number of carbonyl (C=O) groups is 1. The summed E-state index contributed by atoms with van der Waals surface area (Å²) in [4.78, 5) is 14.6. The quantitative estimate of drug-likeness (QED) is 0.802. The summed E-state index contributed by atoms with van der Waals surface area (Å²) >= 11 is 0. The predicted molar refractivity (Wildman–Crippen MR) is 78.6 cm³/mol. The summed E-state index contributed by atoms with van der Waals surface area (Å²) in [6.07, 6.45) is 5.65. The minimum Gasteiger partial charge on any atom is -0.368 e. The maximum Gasteiger partial charge on any atom is 0.254 e. The molecule has 2 fully saturated rings. The van der Waals surface area contributed by atoms with E-state index in [2.05, 4.69) is 11.9 Å². The van der Waals surface area contributed by atoms with Crippen LogP contribution in [0.25, 0.3) is 0 Å². The molecule has 110 valence electrons. The van der Waals surface area contributed by atoms with Gasteiger partial charge in [-0.05, 0) is 44.7 Å². The van der Waals surface area contributed by atoms with Gasteiger partial charge in [0.15, 0.2) is 0 Å². The van der Waals surface area contributed by atoms with Gasteiger partial charge in [-0.3, -0.25) is 4.79 Å². The third kappa shape index (κ3) is 3.50. The molecule has 4 nitrogen and oxygen atoms in total. The van der Waals surface area contributed by atoms with Crippen molar-refractivity contribution < 1.29 is 9.53 Å². The number of allylic oxidation sites excluding steroid dienone is 1. The normalized spacial score (nSPS) is 23.5. The summed E-state index contributed by atoms with van der Waals surface area (Å²) in [5.41, 5.74) is -0.577. The second-order valence-electron chi connectivity index (χ2n) is 5.31. The van der Waals surface area contributed by atoms with E-state index in [1.54, 1.807) is 7.11 Å². The molecule has 0 bridgehead atoms. The molecule has 2 rings (SSSR count). The van der Waals surface area contributed by atoms with Crippen LogP contribution in [0.4, 0.5) is 0 Å². The van der Waals surface area contributed by atoms with E-state index in [1.807, 2.05) is 11.0 Å². The second kappa shape index (κ2) is 7.27. The molecule has 2 aliphatic rings. The molecule has 0 aromatic heterocycles. The van der Waals surface area contributed by atoms with Crippen LogP contribution in [0.1, 0.15) is 25.7 Å². The number of nitrogens with zero attached hydrogens (tertiary/aromatic N) is 1. The molecule has 0 atom stereocenters. The smallest absolute Gasteiger partial charge is 0.254 e. The Morgan fingerprint density at radius 1 is 1.37 bits per heavy atom. The topological polar surface area (TPSA) is 41.6 Å². The molecule has 2 aliphatic heterocycles. The molecule has 0 aromatic rings. The van der Waals surface area contributed by atoms with Gasteiger partial charge in [0, 0.05) is 20.2 Å². The summed E-state index contributed by atoms with van der Waals surface area (Å²) < 4.78 is 5.60. The molecule has 0 saturated carbocycles. The van der Waals surface area contributed by atoms with Crippen molar-refractivity contribution in [2.45, 2.75) is 31.3 Å². The minimum atomic E-state index is -0.577. The fraction of sp³-hybridized carbons (Fsp3) is 0.786. The first-order valence-corrected chi connectivity index (χ1v) is 6.89. The van der Waals surface area contributed by atoms with Gasteiger partial charge in [-0.1, -0.05) is 6.08 Å². The fourth-order valence-corrected chi connectivity index (χ4v) is 2.96. The molecule has 0 aromatic carbocycles. The number of ether oxygens (including phenoxy) is 1. The minimum absolute atomic E-state index is 0. The maximum absolute atomic E-state index is 12.6. The molecule has 1 N–H and O–H groups in total. The molecule has 0 spiro atoms. The number of amides is 1. The number of piperidine rings is 2. The average molecular weight is 289 g/mol. The van der Waals surface area contributed by atoms with Crippen LogP contribution in [-0.2, 0) is 9.53 Å². The van der Waals surface area contributed by atoms with Crippen molar-refractivity contribution >= 4 is 18.3 Å². The zero-order valence-electron chi connectivity index (χ0n) is 11.7. The van der Waals surface area contributed by atoms with Crippen molar-refractivity contribution in [1.29, 1.82) is 0 Å². The number of methoxy groups -OCH3 is 1. The number of hydrogen-bond donors (Lipinski definition) is 1. The van der Waals surface area contributed by atoms with Gasteiger partial charge < -0.3 is 15.0 Å². The van der Waals surface area contributed by atoms with E-state index < -0.39 is 5.60 Å². The lowest BCUT2D eigenvalue weighted by Gasteiger charge is -2.41. The second-order valence-corrected chi connectivity index (χ2v) is 5.31. The highest BCUT2D eigenvalue weighted by molar-refractivity contribution is 5.86. The van der Waals surface area contributed by atoms with Crippen LogP contribution in [0.5, 0.6) is 0 Å². The monoisotopic (exact) mass is 288 g/mol. The van der Waals surface area contributed by atoms with Gasteiger partial charge in [-0.25, -0.2) is 0 Å². The van der Waals surface area contributed by atoms with Crippen LogP contribution in [0.15, 0.2) is 12.7 Å². The van der Waals surface area contributed by atoms with Crippen molar-refractivity contribution in [3.05, 3.63) is 12.7 Å². The van der Waals surface area contributed by atoms with Gasteiger partial charge >= 0.3 is 0 Å². The standard InChI is InChI=1S/C14H24N2O2.ClH/c1-3-12-4-10-16(11-5-12)13(17)14(18-2)6-8-15-9-7-14;/h3,12,15H,1,4-11H2,2H3;1H. The summed E-state index contributed by atoms with van der Waals surface area (Å²) in [7, 11) is 1.67. The zero-order valence-corrected chi connectivity index (χ0v) is 12.5. The summed E-state index contributed by atoms with van der Waals surface area (Å²) in [6, 6.07) is 0. The lowest BCUT2D eigenvalue weighted by atomic mass is 9.88. The molecule has 19 heavy (non-hydrogen) atoms. The molecular weight excluding hydrogens is 264 g/mol. The Kier molecular flexibility index (Phi) is 6.30. The van der Waals surface area contributed by atoms with Crippen LogP contribution < -0.4 is 5.32 Å². The van der Waals surface area contributed by atoms with Gasteiger partial charge in [0.2, 0.25) is 0 Å². The molecule has 0 unspecified atom stereocenters. The third-order valence-corrected chi connectivity index (χ3v) is 4.35. The number of nitrogens with one attached hydrogen (secondary N) is 1. The van der Waals surface area contributed by atoms with Crippen LogP contribution in [0, 0.1) is 5.92 Å². The Bertz CT molecular complexity index is 309. The van der Waals surface area contributed by atoms with Crippen molar-refractivity contribution in [2.75, 3.05) is 33.3 Å². The molecular formula is C14H25ClN2O2. The predicted octanol–water partition coefficient (Wildman–Crippen LogP) is 1.60. The SMILES string of the molecule is C=CC1CCN(C(=O)C2(OC)CCNCC2)CC1.Cl. The molecule has 2 saturated heterocycles. The largest absolute Gasteiger partial charge is 0.368 e. The van der Waals surface area contributed by atoms with E-state index in [0.717, 1.165) is 51.9 Å². The Morgan fingerprint density at radius 3 is 2.42 bits per heavy atom. The Labute approximate surface area is 122 Å². The lowest BCUT2D eigenvalue weighted by molar-refractivity contribution is -0.159. The third-order valence-electron chi connectivity index (χ3n) is 4.35. The van der Waals surface area contributed by atoms with E-state index in [-0.39, 0.29) is 18.3 Å². The van der Waals surface area contributed by atoms with Crippen molar-refractivity contribution in [1.82, 2.24) is 10.2 Å². The van der Waals surface area contributed by atoms with E-state index in [0.29, 0.717) is 5.92 Å². The Balaban J connectivity index is 0.00000180. The van der Waals surface area contributed by atoms with Gasteiger partial charge in [0.25, 0.3) is 5.91 Å². The van der Waals surface area contributed by atoms with Crippen LogP contribution in [0.3, 0.4) is 0 Å². The molecule has 5 heteroatoms. The highest BCUT2D eigenvalue weighted by Gasteiger charge is 2.42. The number of halogens is 1. The highest BCUT2D eigenvalue weighted by atomic mass is 35.5. The average Bonchev–Trinajstić information content (AvgIpc) is 2.47. The van der Waals surface area contributed by atoms with Gasteiger partial charge in [-0.15, -0.1) is 19.0 Å². The van der Waals surface area contributed by atoms with Crippen molar-refractivity contribution in [3.63, 3.8) is 0 Å². The molecule has 2 heterocycles. The van der Waals surface area contributed by atoms with Crippen molar-refractivity contribution in [2.24, 2.45) is 5.92 Å². The number of rotatable bonds is 3. The fourth-order valence-electron chi connectivity index (χ4n) is 2.96. The number of hydrogen-bond acceptors (Lipinski definition) is 3. The first-order valence-electron chi connectivity index (χ1n) is 6.89. The van der Waals surface area contributed by atoms with Gasteiger partial charge in [-0.2, -0.15) is 0 Å². The molecule has 1 amide bonds. The summed E-state index contributed by atoms with van der Waals surface area (Å²) in [5, 5.41) is 3.28. The summed E-state index contributed by atoms with van der Waals surface area (Å²) in [5.74, 6) is 0.759. The first-order chi connectivity index (χ1) is 8.72. The maximum atomic E-state index is 12.6. The van der Waals surface area contributed by atoms with E-state index in [9.17, 15) is 4.79 Å². The van der Waals surface area contributed by atoms with Gasteiger partial charge in [0.05, 0.1) is 0 Å². The first kappa shape index (κ1) is 16.5. The van der Waals surface area contributed by atoms with E-state index in [1.165, 1.54) is 0 Å².